The minimum Gasteiger partial charge on any atom is -0.237 e. The number of hydrogen-bond donors (Lipinski definition) is 0. The van der Waals surface area contributed by atoms with Crippen LogP contribution in [0.25, 0.3) is 52.9 Å². The van der Waals surface area contributed by atoms with Gasteiger partial charge < -0.3 is 0 Å². The van der Waals surface area contributed by atoms with Crippen molar-refractivity contribution in [1.29, 1.82) is 21.0 Å². The molecule has 210 valence electrons. The van der Waals surface area contributed by atoms with Crippen molar-refractivity contribution in [2.24, 2.45) is 0 Å². The van der Waals surface area contributed by atoms with Crippen molar-refractivity contribution in [3.8, 4) is 24.3 Å². The fourth-order valence-electron chi connectivity index (χ4n) is 5.41. The minimum absolute atomic E-state index is 0.000668. The van der Waals surface area contributed by atoms with Crippen molar-refractivity contribution in [3.05, 3.63) is 156 Å². The highest BCUT2D eigenvalue weighted by Gasteiger charge is 2.37. The minimum atomic E-state index is -1.27. The molecule has 2 aliphatic rings. The molecule has 0 atom stereocenters. The lowest BCUT2D eigenvalue weighted by Gasteiger charge is -2.12. The van der Waals surface area contributed by atoms with Crippen molar-refractivity contribution in [2.45, 2.75) is 0 Å². The lowest BCUT2D eigenvalue weighted by atomic mass is 9.91. The number of rotatable bonds is 2. The summed E-state index contributed by atoms with van der Waals surface area (Å²) in [7, 11) is 0. The van der Waals surface area contributed by atoms with Gasteiger partial charge in [-0.3, -0.25) is 0 Å². The van der Waals surface area contributed by atoms with Crippen LogP contribution in [0.4, 0.5) is 23.2 Å². The van der Waals surface area contributed by atoms with Crippen LogP contribution in [0.1, 0.15) is 38.9 Å². The molecule has 12 heteroatoms. The predicted octanol–water partition coefficient (Wildman–Crippen LogP) is 8.22. The molecule has 0 N–H and O–H groups in total. The Balaban J connectivity index is 1.94. The first-order chi connectivity index (χ1) is 22.1. The number of fused-ring (bicyclic) bond motifs is 2. The quantitative estimate of drug-likeness (QED) is 0.167. The third-order valence-electron chi connectivity index (χ3n) is 7.20. The first kappa shape index (κ1) is 29.7. The maximum Gasteiger partial charge on any atom is 0.270 e. The standard InChI is InChI=1S/C34H6F4N8/c1-43-27(13-41)31-18-10-20-19(9-17(18)21(11-39)29(31)15-5-23(35)22(12-40)24(36)6-15)32(28(14-42)44-2)30(33(20)45-3)16-7-25(37)34(46-4)26(38)8-16/h5-10H/b31-27+,32-28-. The van der Waals surface area contributed by atoms with E-state index in [1.165, 1.54) is 18.2 Å². The summed E-state index contributed by atoms with van der Waals surface area (Å²) in [5.74, 6) is -5.06. The number of benzene rings is 3. The average molecular weight is 602 g/mol. The van der Waals surface area contributed by atoms with E-state index in [9.17, 15) is 33.3 Å². The monoisotopic (exact) mass is 602 g/mol. The van der Waals surface area contributed by atoms with Crippen LogP contribution in [0.5, 0.6) is 0 Å². The normalized spacial score (nSPS) is 14.7. The summed E-state index contributed by atoms with van der Waals surface area (Å²) in [6.07, 6.45) is 0. The van der Waals surface area contributed by atoms with Crippen LogP contribution in [0.2, 0.25) is 0 Å². The Bertz CT molecular complexity index is 2240. The van der Waals surface area contributed by atoms with E-state index in [4.69, 9.17) is 31.6 Å². The Hall–Kier alpha value is -7.74. The number of halogens is 4. The molecule has 0 unspecified atom stereocenters. The Morgan fingerprint density at radius 2 is 1.04 bits per heavy atom. The van der Waals surface area contributed by atoms with Crippen molar-refractivity contribution in [1.82, 2.24) is 0 Å². The van der Waals surface area contributed by atoms with E-state index >= 15 is 0 Å². The Morgan fingerprint density at radius 1 is 0.565 bits per heavy atom. The maximum atomic E-state index is 14.8. The molecule has 46 heavy (non-hydrogen) atoms. The molecule has 0 saturated carbocycles. The molecule has 8 nitrogen and oxygen atoms in total. The molecule has 5 rings (SSSR count). The second-order valence-corrected chi connectivity index (χ2v) is 9.36. The van der Waals surface area contributed by atoms with Crippen LogP contribution in [0.15, 0.2) is 47.8 Å². The molecule has 0 aromatic heterocycles. The van der Waals surface area contributed by atoms with Crippen molar-refractivity contribution in [2.75, 3.05) is 0 Å². The Kier molecular flexibility index (Phi) is 7.21. The summed E-state index contributed by atoms with van der Waals surface area (Å²) >= 11 is 0. The fourth-order valence-corrected chi connectivity index (χ4v) is 5.41. The molecular weight excluding hydrogens is 596 g/mol. The van der Waals surface area contributed by atoms with Crippen LogP contribution in [0.3, 0.4) is 0 Å². The molecule has 0 radical (unpaired) electrons. The van der Waals surface area contributed by atoms with Gasteiger partial charge in [0, 0.05) is 5.57 Å². The second kappa shape index (κ2) is 11.2. The molecule has 0 saturated heterocycles. The van der Waals surface area contributed by atoms with Gasteiger partial charge >= 0.3 is 0 Å². The van der Waals surface area contributed by atoms with E-state index in [0.29, 0.717) is 0 Å². The maximum absolute atomic E-state index is 14.8. The molecule has 0 bridgehead atoms. The molecule has 0 aliphatic heterocycles. The first-order valence-corrected chi connectivity index (χ1v) is 12.4. The van der Waals surface area contributed by atoms with Gasteiger partial charge in [-0.25, -0.2) is 47.5 Å². The van der Waals surface area contributed by atoms with Crippen LogP contribution in [0, 0.1) is 94.9 Å². The van der Waals surface area contributed by atoms with Gasteiger partial charge in [-0.05, 0) is 80.4 Å². The topological polar surface area (TPSA) is 113 Å². The predicted molar refractivity (Wildman–Crippen MR) is 154 cm³/mol. The summed E-state index contributed by atoms with van der Waals surface area (Å²) in [4.78, 5) is 12.8. The van der Waals surface area contributed by atoms with Gasteiger partial charge in [0.2, 0.25) is 5.70 Å². The van der Waals surface area contributed by atoms with E-state index in [1.807, 2.05) is 6.07 Å². The van der Waals surface area contributed by atoms with Gasteiger partial charge in [0.15, 0.2) is 0 Å². The number of allylic oxidation sites excluding steroid dienone is 7. The molecule has 0 fully saturated rings. The molecule has 3 aromatic rings. The van der Waals surface area contributed by atoms with E-state index in [2.05, 4.69) is 19.4 Å². The number of hydrogen-bond acceptors (Lipinski definition) is 4. The van der Waals surface area contributed by atoms with E-state index in [1.54, 1.807) is 12.1 Å². The zero-order valence-corrected chi connectivity index (χ0v) is 22.6. The molecule has 0 spiro atoms. The van der Waals surface area contributed by atoms with Crippen LogP contribution < -0.4 is 0 Å². The van der Waals surface area contributed by atoms with E-state index in [-0.39, 0.29) is 66.9 Å². The van der Waals surface area contributed by atoms with Gasteiger partial charge in [0.1, 0.15) is 41.0 Å². The zero-order valence-electron chi connectivity index (χ0n) is 22.6. The molecular formula is C34H6F4N8. The Morgan fingerprint density at radius 3 is 1.50 bits per heavy atom. The lowest BCUT2D eigenvalue weighted by Crippen LogP contribution is -1.97. The fraction of sp³-hybridized carbons (Fsp3) is 0. The second-order valence-electron chi connectivity index (χ2n) is 9.36. The van der Waals surface area contributed by atoms with E-state index < -0.39 is 45.9 Å². The van der Waals surface area contributed by atoms with Crippen molar-refractivity contribution >= 4 is 39.2 Å². The molecule has 2 aliphatic carbocycles. The number of nitriles is 4. The van der Waals surface area contributed by atoms with Crippen LogP contribution >= 0.6 is 0 Å². The molecule has 3 aromatic carbocycles. The SMILES string of the molecule is [C-]#[N+]C1=C(c2cc(F)c([N+]#[C-])c(F)c2)/C(=C(/C#N)[N+]#[C-])c2cc3c(cc21)/C(=C(/C#N)[N+]#[C-])C(c1cc(F)c(C#N)c(F)c1)=C3C#N. The van der Waals surface area contributed by atoms with Gasteiger partial charge in [-0.1, -0.05) is 6.07 Å². The van der Waals surface area contributed by atoms with Crippen LogP contribution in [-0.4, -0.2) is 0 Å². The number of nitrogens with zero attached hydrogens (tertiary/aromatic N) is 8. The lowest BCUT2D eigenvalue weighted by molar-refractivity contribution is 0.576. The summed E-state index contributed by atoms with van der Waals surface area (Å²) in [5.41, 5.74) is -4.97. The van der Waals surface area contributed by atoms with Crippen molar-refractivity contribution < 1.29 is 17.6 Å². The molecule has 0 amide bonds. The smallest absolute Gasteiger partial charge is 0.237 e. The first-order valence-electron chi connectivity index (χ1n) is 12.4. The largest absolute Gasteiger partial charge is 0.270 e. The summed E-state index contributed by atoms with van der Waals surface area (Å²) < 4.78 is 59.0. The third-order valence-corrected chi connectivity index (χ3v) is 7.20. The Labute approximate surface area is 257 Å². The highest BCUT2D eigenvalue weighted by atomic mass is 19.1. The molecule has 0 heterocycles. The van der Waals surface area contributed by atoms with Gasteiger partial charge in [0.05, 0.1) is 44.0 Å². The summed E-state index contributed by atoms with van der Waals surface area (Å²) in [5, 5.41) is 39.1. The van der Waals surface area contributed by atoms with Gasteiger partial charge in [-0.15, -0.1) is 0 Å². The van der Waals surface area contributed by atoms with Crippen LogP contribution in [-0.2, 0) is 0 Å². The highest BCUT2D eigenvalue weighted by molar-refractivity contribution is 6.29. The van der Waals surface area contributed by atoms with Gasteiger partial charge in [0.25, 0.3) is 17.1 Å². The highest BCUT2D eigenvalue weighted by Crippen LogP contribution is 2.55. The average Bonchev–Trinajstić information content (AvgIpc) is 3.53. The van der Waals surface area contributed by atoms with Gasteiger partial charge in [-0.2, -0.15) is 10.5 Å². The summed E-state index contributed by atoms with van der Waals surface area (Å²) in [6, 6.07) is 12.3. The third kappa shape index (κ3) is 4.15. The van der Waals surface area contributed by atoms with Crippen molar-refractivity contribution in [3.63, 3.8) is 0 Å². The van der Waals surface area contributed by atoms with E-state index in [0.717, 1.165) is 24.3 Å². The summed E-state index contributed by atoms with van der Waals surface area (Å²) in [6.45, 7) is 30.2. The zero-order chi connectivity index (χ0) is 33.4.